The zero-order valence-electron chi connectivity index (χ0n) is 18.5. The van der Waals surface area contributed by atoms with Crippen molar-refractivity contribution in [1.82, 2.24) is 30.0 Å². The molecule has 2 fully saturated rings. The highest BCUT2D eigenvalue weighted by atomic mass is 19.1. The minimum absolute atomic E-state index is 0.0749. The molecular weight excluding hydrogens is 419 g/mol. The fourth-order valence-corrected chi connectivity index (χ4v) is 5.33. The lowest BCUT2D eigenvalue weighted by molar-refractivity contribution is 0.0590. The summed E-state index contributed by atoms with van der Waals surface area (Å²) in [5.41, 5.74) is 3.48. The van der Waals surface area contributed by atoms with Crippen LogP contribution in [-0.2, 0) is 0 Å². The highest BCUT2D eigenvalue weighted by Gasteiger charge is 2.28. The second-order valence-electron chi connectivity index (χ2n) is 9.20. The van der Waals surface area contributed by atoms with Gasteiger partial charge in [0, 0.05) is 30.1 Å². The molecule has 0 saturated carbocycles. The van der Waals surface area contributed by atoms with E-state index in [4.69, 9.17) is 0 Å². The molecule has 2 aliphatic heterocycles. The van der Waals surface area contributed by atoms with Gasteiger partial charge < -0.3 is 14.8 Å². The van der Waals surface area contributed by atoms with Gasteiger partial charge in [-0.15, -0.1) is 0 Å². The van der Waals surface area contributed by atoms with Gasteiger partial charge in [-0.1, -0.05) is 6.42 Å². The van der Waals surface area contributed by atoms with Gasteiger partial charge in [0.1, 0.15) is 11.5 Å². The third kappa shape index (κ3) is 3.78. The molecule has 2 aromatic carbocycles. The molecule has 0 atom stereocenters. The fourth-order valence-electron chi connectivity index (χ4n) is 5.33. The monoisotopic (exact) mass is 446 g/mol. The van der Waals surface area contributed by atoms with Gasteiger partial charge in [-0.2, -0.15) is 5.10 Å². The largest absolute Gasteiger partial charge is 0.339 e. The molecule has 6 rings (SSSR count). The van der Waals surface area contributed by atoms with Gasteiger partial charge in [-0.25, -0.2) is 9.37 Å². The number of fused-ring (bicyclic) bond motifs is 2. The van der Waals surface area contributed by atoms with Crippen molar-refractivity contribution in [1.29, 1.82) is 0 Å². The first-order valence-corrected chi connectivity index (χ1v) is 11.8. The molecule has 8 heteroatoms. The summed E-state index contributed by atoms with van der Waals surface area (Å²) in [7, 11) is 0. The standard InChI is InChI=1S/C25H27FN6O/c26-17-5-6-19-21(15-17)29-30-23(19)24-27-20-7-4-16(14-22(20)28-24)25(33)32-12-8-18(9-13-32)31-10-2-1-3-11-31/h4-7,14-15,18H,1-3,8-13H2,(H,27,28)(H,29,30). The van der Waals surface area contributed by atoms with E-state index in [-0.39, 0.29) is 11.7 Å². The number of amides is 1. The van der Waals surface area contributed by atoms with Gasteiger partial charge >= 0.3 is 0 Å². The first-order chi connectivity index (χ1) is 16.2. The van der Waals surface area contributed by atoms with Crippen LogP contribution in [0.1, 0.15) is 42.5 Å². The van der Waals surface area contributed by atoms with Crippen molar-refractivity contribution in [3.63, 3.8) is 0 Å². The average molecular weight is 447 g/mol. The average Bonchev–Trinajstić information content (AvgIpc) is 3.47. The molecule has 0 bridgehead atoms. The number of carbonyl (C=O) groups is 1. The lowest BCUT2D eigenvalue weighted by atomic mass is 9.99. The quantitative estimate of drug-likeness (QED) is 0.491. The molecule has 0 aliphatic carbocycles. The predicted octanol–water partition coefficient (Wildman–Crippen LogP) is 4.34. The number of likely N-dealkylation sites (tertiary alicyclic amines) is 2. The van der Waals surface area contributed by atoms with Crippen LogP contribution in [0, 0.1) is 5.82 Å². The van der Waals surface area contributed by atoms with Crippen LogP contribution in [0.5, 0.6) is 0 Å². The molecule has 2 aromatic heterocycles. The van der Waals surface area contributed by atoms with E-state index >= 15 is 0 Å². The minimum Gasteiger partial charge on any atom is -0.339 e. The van der Waals surface area contributed by atoms with Crippen molar-refractivity contribution in [2.75, 3.05) is 26.2 Å². The molecule has 4 aromatic rings. The molecule has 2 saturated heterocycles. The Balaban J connectivity index is 1.20. The molecule has 4 heterocycles. The predicted molar refractivity (Wildman–Crippen MR) is 125 cm³/mol. The summed E-state index contributed by atoms with van der Waals surface area (Å²) in [5, 5.41) is 7.97. The van der Waals surface area contributed by atoms with E-state index in [1.165, 1.54) is 44.5 Å². The second-order valence-corrected chi connectivity index (χ2v) is 9.20. The molecule has 0 radical (unpaired) electrons. The van der Waals surface area contributed by atoms with Crippen LogP contribution in [0.4, 0.5) is 4.39 Å². The Morgan fingerprint density at radius 3 is 2.61 bits per heavy atom. The van der Waals surface area contributed by atoms with Crippen LogP contribution in [0.15, 0.2) is 36.4 Å². The Labute approximate surface area is 191 Å². The molecule has 0 unspecified atom stereocenters. The highest BCUT2D eigenvalue weighted by molar-refractivity contribution is 5.98. The third-order valence-corrected chi connectivity index (χ3v) is 7.14. The van der Waals surface area contributed by atoms with Gasteiger partial charge in [-0.3, -0.25) is 9.89 Å². The maximum atomic E-state index is 13.5. The van der Waals surface area contributed by atoms with E-state index < -0.39 is 0 Å². The van der Waals surface area contributed by atoms with Gasteiger partial charge in [-0.05, 0) is 75.2 Å². The van der Waals surface area contributed by atoms with Crippen molar-refractivity contribution in [3.05, 3.63) is 47.8 Å². The number of piperidine rings is 2. The fraction of sp³-hybridized carbons (Fsp3) is 0.400. The van der Waals surface area contributed by atoms with E-state index in [0.717, 1.165) is 42.4 Å². The lowest BCUT2D eigenvalue weighted by Crippen LogP contribution is -2.48. The molecule has 7 nitrogen and oxygen atoms in total. The molecule has 2 N–H and O–H groups in total. The van der Waals surface area contributed by atoms with Gasteiger partial charge in [0.15, 0.2) is 5.82 Å². The number of carbonyl (C=O) groups excluding carboxylic acids is 1. The van der Waals surface area contributed by atoms with Gasteiger partial charge in [0.05, 0.1) is 16.6 Å². The van der Waals surface area contributed by atoms with E-state index in [2.05, 4.69) is 25.1 Å². The number of hydrogen-bond donors (Lipinski definition) is 2. The van der Waals surface area contributed by atoms with Crippen LogP contribution in [-0.4, -0.2) is 68.1 Å². The molecular formula is C25H27FN6O. The maximum absolute atomic E-state index is 13.5. The lowest BCUT2D eigenvalue weighted by Gasteiger charge is -2.40. The van der Waals surface area contributed by atoms with Crippen LogP contribution in [0.25, 0.3) is 33.5 Å². The Morgan fingerprint density at radius 1 is 0.970 bits per heavy atom. The zero-order valence-corrected chi connectivity index (χ0v) is 18.5. The second kappa shape index (κ2) is 8.26. The number of nitrogens with one attached hydrogen (secondary N) is 2. The van der Waals surface area contributed by atoms with Crippen LogP contribution >= 0.6 is 0 Å². The number of rotatable bonds is 3. The van der Waals surface area contributed by atoms with Crippen LogP contribution < -0.4 is 0 Å². The summed E-state index contributed by atoms with van der Waals surface area (Å²) in [5.74, 6) is 0.353. The smallest absolute Gasteiger partial charge is 0.253 e. The van der Waals surface area contributed by atoms with Crippen molar-refractivity contribution < 1.29 is 9.18 Å². The van der Waals surface area contributed by atoms with Crippen molar-refractivity contribution >= 4 is 27.8 Å². The van der Waals surface area contributed by atoms with Crippen molar-refractivity contribution in [3.8, 4) is 11.5 Å². The molecule has 33 heavy (non-hydrogen) atoms. The number of imidazole rings is 1. The van der Waals surface area contributed by atoms with E-state index in [9.17, 15) is 9.18 Å². The van der Waals surface area contributed by atoms with E-state index in [1.807, 2.05) is 23.1 Å². The first kappa shape index (κ1) is 20.4. The molecule has 1 amide bonds. The summed E-state index contributed by atoms with van der Waals surface area (Å²) < 4.78 is 13.5. The SMILES string of the molecule is O=C(c1ccc2nc(-c3n[nH]c4cc(F)ccc34)[nH]c2c1)N1CCC(N2CCCCC2)CC1. The van der Waals surface area contributed by atoms with Crippen molar-refractivity contribution in [2.45, 2.75) is 38.1 Å². The number of aromatic amines is 2. The van der Waals surface area contributed by atoms with Crippen LogP contribution in [0.3, 0.4) is 0 Å². The Hall–Kier alpha value is -3.26. The Kier molecular flexibility index (Phi) is 5.10. The Bertz CT molecular complexity index is 1310. The van der Waals surface area contributed by atoms with Gasteiger partial charge in [0.2, 0.25) is 0 Å². The number of nitrogens with zero attached hydrogens (tertiary/aromatic N) is 4. The maximum Gasteiger partial charge on any atom is 0.253 e. The number of benzene rings is 2. The zero-order chi connectivity index (χ0) is 22.4. The Morgan fingerprint density at radius 2 is 1.79 bits per heavy atom. The normalized spacial score (nSPS) is 18.4. The first-order valence-electron chi connectivity index (χ1n) is 11.8. The summed E-state index contributed by atoms with van der Waals surface area (Å²) in [6, 6.07) is 10.7. The summed E-state index contributed by atoms with van der Waals surface area (Å²) in [4.78, 5) is 25.7. The number of hydrogen-bond acceptors (Lipinski definition) is 4. The summed E-state index contributed by atoms with van der Waals surface area (Å²) in [6.45, 7) is 4.03. The topological polar surface area (TPSA) is 80.9 Å². The summed E-state index contributed by atoms with van der Waals surface area (Å²) in [6.07, 6.45) is 6.05. The van der Waals surface area contributed by atoms with E-state index in [0.29, 0.717) is 28.6 Å². The number of aromatic nitrogens is 4. The number of halogens is 1. The molecule has 2 aliphatic rings. The number of H-pyrrole nitrogens is 2. The van der Waals surface area contributed by atoms with Gasteiger partial charge in [0.25, 0.3) is 5.91 Å². The highest BCUT2D eigenvalue weighted by Crippen LogP contribution is 2.28. The van der Waals surface area contributed by atoms with E-state index in [1.54, 1.807) is 6.07 Å². The molecule has 0 spiro atoms. The summed E-state index contributed by atoms with van der Waals surface area (Å²) >= 11 is 0. The van der Waals surface area contributed by atoms with Crippen molar-refractivity contribution in [2.24, 2.45) is 0 Å². The third-order valence-electron chi connectivity index (χ3n) is 7.14. The minimum atomic E-state index is -0.314. The van der Waals surface area contributed by atoms with Crippen LogP contribution in [0.2, 0.25) is 0 Å². The molecule has 170 valence electrons.